The van der Waals surface area contributed by atoms with Crippen LogP contribution in [0, 0.1) is 0 Å². The molecule has 6 nitrogen and oxygen atoms in total. The molecule has 0 N–H and O–H groups in total. The Bertz CT molecular complexity index is 1240. The van der Waals surface area contributed by atoms with Crippen LogP contribution in [0.2, 0.25) is 0 Å². The van der Waals surface area contributed by atoms with E-state index >= 15 is 0 Å². The summed E-state index contributed by atoms with van der Waals surface area (Å²) >= 11 is 0. The average molecular weight is 1160 g/mol. The largest absolute Gasteiger partial charge is 0.462 e. The summed E-state index contributed by atoms with van der Waals surface area (Å²) in [6, 6.07) is 0. The van der Waals surface area contributed by atoms with Gasteiger partial charge in [0.05, 0.1) is 0 Å². The molecule has 1 atom stereocenters. The second-order valence-electron chi connectivity index (χ2n) is 26.3. The van der Waals surface area contributed by atoms with Crippen LogP contribution < -0.4 is 0 Å². The summed E-state index contributed by atoms with van der Waals surface area (Å²) in [4.78, 5) is 38.4. The molecule has 6 heteroatoms. The Morgan fingerprint density at radius 1 is 0.195 bits per heavy atom. The summed E-state index contributed by atoms with van der Waals surface area (Å²) in [5, 5.41) is 0. The first-order valence-corrected chi connectivity index (χ1v) is 38.0. The van der Waals surface area contributed by atoms with E-state index in [1.54, 1.807) is 0 Å². The van der Waals surface area contributed by atoms with Gasteiger partial charge in [-0.25, -0.2) is 0 Å². The lowest BCUT2D eigenvalue weighted by molar-refractivity contribution is -0.167. The molecule has 0 heterocycles. The van der Waals surface area contributed by atoms with Crippen molar-refractivity contribution in [3.05, 3.63) is 0 Å². The summed E-state index contributed by atoms with van der Waals surface area (Å²) in [5.74, 6) is -0.822. The third-order valence-corrected chi connectivity index (χ3v) is 17.9. The molecule has 0 aromatic carbocycles. The van der Waals surface area contributed by atoms with Gasteiger partial charge in [0, 0.05) is 19.3 Å². The maximum absolute atomic E-state index is 12.9. The Labute approximate surface area is 514 Å². The third-order valence-electron chi connectivity index (χ3n) is 17.9. The molecule has 0 aromatic heterocycles. The molecule has 82 heavy (non-hydrogen) atoms. The van der Waals surface area contributed by atoms with Gasteiger partial charge in [-0.1, -0.05) is 412 Å². The van der Waals surface area contributed by atoms with Crippen molar-refractivity contribution < 1.29 is 28.6 Å². The first kappa shape index (κ1) is 80.4. The van der Waals surface area contributed by atoms with E-state index < -0.39 is 6.10 Å². The zero-order valence-electron chi connectivity index (χ0n) is 56.3. The topological polar surface area (TPSA) is 78.9 Å². The van der Waals surface area contributed by atoms with E-state index in [1.165, 1.54) is 353 Å². The minimum Gasteiger partial charge on any atom is -0.462 e. The quantitative estimate of drug-likeness (QED) is 0.0343. The highest BCUT2D eigenvalue weighted by molar-refractivity contribution is 5.71. The highest BCUT2D eigenvalue weighted by Gasteiger charge is 2.20. The predicted octanol–water partition coefficient (Wildman–Crippen LogP) is 26.2. The molecule has 0 rings (SSSR count). The molecular formula is C76H148O6. The maximum Gasteiger partial charge on any atom is 0.306 e. The van der Waals surface area contributed by atoms with Crippen molar-refractivity contribution in [2.75, 3.05) is 13.2 Å². The number of carbonyl (C=O) groups is 3. The van der Waals surface area contributed by atoms with Crippen molar-refractivity contribution in [1.29, 1.82) is 0 Å². The first-order chi connectivity index (χ1) is 40.5. The van der Waals surface area contributed by atoms with E-state index in [2.05, 4.69) is 20.8 Å². The van der Waals surface area contributed by atoms with Crippen LogP contribution in [-0.4, -0.2) is 37.2 Å². The normalized spacial score (nSPS) is 11.9. The van der Waals surface area contributed by atoms with E-state index in [0.29, 0.717) is 19.3 Å². The standard InChI is InChI=1S/C76H148O6/c1-4-7-10-13-16-19-22-24-26-28-30-32-34-35-36-37-38-39-40-41-43-44-46-48-50-52-54-57-60-63-66-69-75(78)81-72-73(71-80-74(77)68-65-62-59-56-21-18-15-12-9-6-3)82-76(79)70-67-64-61-58-55-53-51-49-47-45-42-33-31-29-27-25-23-20-17-14-11-8-5-2/h73H,4-72H2,1-3H3. The van der Waals surface area contributed by atoms with Crippen molar-refractivity contribution in [2.24, 2.45) is 0 Å². The lowest BCUT2D eigenvalue weighted by Crippen LogP contribution is -2.30. The van der Waals surface area contributed by atoms with Crippen LogP contribution in [0.3, 0.4) is 0 Å². The second-order valence-corrected chi connectivity index (χ2v) is 26.3. The van der Waals surface area contributed by atoms with Gasteiger partial charge in [-0.05, 0) is 19.3 Å². The predicted molar refractivity (Wildman–Crippen MR) is 358 cm³/mol. The zero-order chi connectivity index (χ0) is 59.2. The summed E-state index contributed by atoms with van der Waals surface area (Å²) in [7, 11) is 0. The fraction of sp³-hybridized carbons (Fsp3) is 0.961. The van der Waals surface area contributed by atoms with Crippen molar-refractivity contribution >= 4 is 17.9 Å². The van der Waals surface area contributed by atoms with Gasteiger partial charge in [0.15, 0.2) is 6.10 Å². The Kier molecular flexibility index (Phi) is 70.5. The summed E-state index contributed by atoms with van der Waals surface area (Å²) in [6.45, 7) is 6.73. The van der Waals surface area contributed by atoms with Gasteiger partial charge in [0.2, 0.25) is 0 Å². The molecule has 0 saturated heterocycles. The van der Waals surface area contributed by atoms with E-state index in [0.717, 1.165) is 57.8 Å². The van der Waals surface area contributed by atoms with Gasteiger partial charge in [-0.15, -0.1) is 0 Å². The Morgan fingerprint density at radius 2 is 0.329 bits per heavy atom. The van der Waals surface area contributed by atoms with E-state index in [1.807, 2.05) is 0 Å². The number of esters is 3. The molecule has 0 aromatic rings. The fourth-order valence-electron chi connectivity index (χ4n) is 12.2. The van der Waals surface area contributed by atoms with Crippen LogP contribution in [0.1, 0.15) is 451 Å². The SMILES string of the molecule is CCCCCCCCCCCCCCCCCCCCCCCCCCCCCCCCCC(=O)OCC(COC(=O)CCCCCCCCCCCC)OC(=O)CCCCCCCCCCCCCCCCCCCCCCCCC. The average Bonchev–Trinajstić information content (AvgIpc) is 3.47. The number of unbranched alkanes of at least 4 members (excludes halogenated alkanes) is 61. The number of hydrogen-bond donors (Lipinski definition) is 0. The van der Waals surface area contributed by atoms with Crippen LogP contribution in [0.25, 0.3) is 0 Å². The number of carbonyl (C=O) groups excluding carboxylic acids is 3. The second kappa shape index (κ2) is 71.9. The van der Waals surface area contributed by atoms with E-state index in [-0.39, 0.29) is 31.1 Å². The van der Waals surface area contributed by atoms with Crippen molar-refractivity contribution in [2.45, 2.75) is 457 Å². The Balaban J connectivity index is 4.04. The van der Waals surface area contributed by atoms with Gasteiger partial charge in [-0.3, -0.25) is 14.4 Å². The number of ether oxygens (including phenoxy) is 3. The monoisotopic (exact) mass is 1160 g/mol. The lowest BCUT2D eigenvalue weighted by atomic mass is 10.0. The molecule has 0 saturated carbocycles. The summed E-state index contributed by atoms with van der Waals surface area (Å²) < 4.78 is 17.0. The minimum atomic E-state index is -0.763. The first-order valence-electron chi connectivity index (χ1n) is 38.0. The molecule has 0 bridgehead atoms. The van der Waals surface area contributed by atoms with Crippen LogP contribution >= 0.6 is 0 Å². The molecule has 0 aliphatic carbocycles. The summed E-state index contributed by atoms with van der Waals surface area (Å²) in [5.41, 5.74) is 0. The van der Waals surface area contributed by atoms with Gasteiger partial charge in [0.1, 0.15) is 13.2 Å². The maximum atomic E-state index is 12.9. The third kappa shape index (κ3) is 69.2. The van der Waals surface area contributed by atoms with Crippen molar-refractivity contribution in [3.8, 4) is 0 Å². The smallest absolute Gasteiger partial charge is 0.306 e. The molecular weight excluding hydrogens is 1010 g/mol. The molecule has 488 valence electrons. The Hall–Kier alpha value is -1.59. The number of rotatable bonds is 72. The van der Waals surface area contributed by atoms with Gasteiger partial charge in [0.25, 0.3) is 0 Å². The van der Waals surface area contributed by atoms with Crippen LogP contribution in [-0.2, 0) is 28.6 Å². The lowest BCUT2D eigenvalue weighted by Gasteiger charge is -2.18. The molecule has 0 radical (unpaired) electrons. The van der Waals surface area contributed by atoms with Crippen molar-refractivity contribution in [3.63, 3.8) is 0 Å². The highest BCUT2D eigenvalue weighted by Crippen LogP contribution is 2.20. The van der Waals surface area contributed by atoms with Gasteiger partial charge < -0.3 is 14.2 Å². The fourth-order valence-corrected chi connectivity index (χ4v) is 12.2. The van der Waals surface area contributed by atoms with Crippen molar-refractivity contribution in [1.82, 2.24) is 0 Å². The van der Waals surface area contributed by atoms with E-state index in [4.69, 9.17) is 14.2 Å². The van der Waals surface area contributed by atoms with Crippen LogP contribution in [0.15, 0.2) is 0 Å². The summed E-state index contributed by atoms with van der Waals surface area (Å²) in [6.07, 6.45) is 86.0. The molecule has 0 amide bonds. The molecule has 1 unspecified atom stereocenters. The minimum absolute atomic E-state index is 0.0604. The molecule has 0 spiro atoms. The van der Waals surface area contributed by atoms with Gasteiger partial charge >= 0.3 is 17.9 Å². The van der Waals surface area contributed by atoms with Gasteiger partial charge in [-0.2, -0.15) is 0 Å². The molecule has 0 aliphatic heterocycles. The number of hydrogen-bond acceptors (Lipinski definition) is 6. The van der Waals surface area contributed by atoms with Crippen LogP contribution in [0.4, 0.5) is 0 Å². The highest BCUT2D eigenvalue weighted by atomic mass is 16.6. The van der Waals surface area contributed by atoms with E-state index in [9.17, 15) is 14.4 Å². The molecule has 0 fully saturated rings. The molecule has 0 aliphatic rings. The Morgan fingerprint density at radius 3 is 0.488 bits per heavy atom. The zero-order valence-corrected chi connectivity index (χ0v) is 56.3. The van der Waals surface area contributed by atoms with Crippen LogP contribution in [0.5, 0.6) is 0 Å².